The predicted molar refractivity (Wildman–Crippen MR) is 171 cm³/mol. The van der Waals surface area contributed by atoms with Gasteiger partial charge in [0.25, 0.3) is 0 Å². The Hall–Kier alpha value is -5.81. The number of hydrogen-bond donors (Lipinski definition) is 0. The Balaban J connectivity index is 1.61. The van der Waals surface area contributed by atoms with Crippen molar-refractivity contribution in [3.8, 4) is 22.8 Å². The zero-order valence-corrected chi connectivity index (χ0v) is 22.5. The Morgan fingerprint density at radius 1 is 0.405 bits per heavy atom. The molecule has 3 aromatic heterocycles. The van der Waals surface area contributed by atoms with Crippen LogP contribution in [0.3, 0.4) is 0 Å². The van der Waals surface area contributed by atoms with Crippen LogP contribution in [-0.4, -0.2) is 24.3 Å². The fourth-order valence-corrected chi connectivity index (χ4v) is 6.49. The molecular weight excluding hydrogens is 514 g/mol. The Kier molecular flexibility index (Phi) is 4.83. The molecule has 5 nitrogen and oxygen atoms in total. The molecule has 0 spiro atoms. The van der Waals surface area contributed by atoms with Crippen LogP contribution in [0.15, 0.2) is 140 Å². The number of aromatic nitrogens is 5. The van der Waals surface area contributed by atoms with Crippen molar-refractivity contribution in [3.05, 3.63) is 140 Å². The lowest BCUT2D eigenvalue weighted by atomic mass is 10.0. The van der Waals surface area contributed by atoms with Gasteiger partial charge in [0.1, 0.15) is 11.0 Å². The van der Waals surface area contributed by atoms with Crippen LogP contribution < -0.4 is 0 Å². The third kappa shape index (κ3) is 3.16. The Morgan fingerprint density at radius 3 is 1.40 bits per heavy atom. The second-order valence-corrected chi connectivity index (χ2v) is 10.5. The van der Waals surface area contributed by atoms with Crippen LogP contribution in [0.2, 0.25) is 0 Å². The summed E-state index contributed by atoms with van der Waals surface area (Å²) in [4.78, 5) is 5.30. The van der Waals surface area contributed by atoms with Gasteiger partial charge in [0, 0.05) is 38.5 Å². The van der Waals surface area contributed by atoms with E-state index in [0.29, 0.717) is 5.82 Å². The third-order valence-corrected chi connectivity index (χ3v) is 8.20. The third-order valence-electron chi connectivity index (χ3n) is 8.20. The Labute approximate surface area is 240 Å². The second kappa shape index (κ2) is 8.85. The van der Waals surface area contributed by atoms with Crippen LogP contribution >= 0.6 is 0 Å². The summed E-state index contributed by atoms with van der Waals surface area (Å²) < 4.78 is 4.66. The standard InChI is InChI=1S/C37H23N5/c1-4-14-24(15-5-1)37-38-33-34(39-40-37)36-32(28-21-11-13-23-30(28)42(36)26-18-8-3-9-19-26)31-27-20-10-12-22-29(27)41(35(31)33)25-16-6-2-7-17-25/h1-23H. The molecule has 0 atom stereocenters. The van der Waals surface area contributed by atoms with E-state index < -0.39 is 0 Å². The zero-order valence-electron chi connectivity index (χ0n) is 22.5. The molecule has 42 heavy (non-hydrogen) atoms. The molecule has 5 heteroatoms. The van der Waals surface area contributed by atoms with Crippen molar-refractivity contribution in [3.63, 3.8) is 0 Å². The van der Waals surface area contributed by atoms with Gasteiger partial charge in [-0.3, -0.25) is 0 Å². The minimum Gasteiger partial charge on any atom is -0.307 e. The molecule has 0 bridgehead atoms. The van der Waals surface area contributed by atoms with Crippen molar-refractivity contribution in [1.82, 2.24) is 24.3 Å². The maximum Gasteiger partial charge on any atom is 0.182 e. The highest BCUT2D eigenvalue weighted by molar-refractivity contribution is 6.36. The lowest BCUT2D eigenvalue weighted by molar-refractivity contribution is 1.03. The summed E-state index contributed by atoms with van der Waals surface area (Å²) in [6.45, 7) is 0. The van der Waals surface area contributed by atoms with Gasteiger partial charge < -0.3 is 9.13 Å². The van der Waals surface area contributed by atoms with Gasteiger partial charge in [-0.05, 0) is 36.4 Å². The first-order valence-electron chi connectivity index (χ1n) is 14.1. The maximum absolute atomic E-state index is 5.30. The van der Waals surface area contributed by atoms with E-state index in [0.717, 1.165) is 55.4 Å². The molecule has 3 heterocycles. The number of nitrogens with zero attached hydrogens (tertiary/aromatic N) is 5. The highest BCUT2D eigenvalue weighted by Gasteiger charge is 2.26. The fourth-order valence-electron chi connectivity index (χ4n) is 6.49. The van der Waals surface area contributed by atoms with E-state index in [1.807, 2.05) is 30.3 Å². The van der Waals surface area contributed by atoms with E-state index in [1.165, 1.54) is 16.2 Å². The lowest BCUT2D eigenvalue weighted by Gasteiger charge is -2.12. The quantitative estimate of drug-likeness (QED) is 0.226. The molecule has 0 radical (unpaired) electrons. The van der Waals surface area contributed by atoms with Gasteiger partial charge in [0.15, 0.2) is 5.82 Å². The van der Waals surface area contributed by atoms with Gasteiger partial charge >= 0.3 is 0 Å². The smallest absolute Gasteiger partial charge is 0.182 e. The van der Waals surface area contributed by atoms with E-state index in [-0.39, 0.29) is 0 Å². The van der Waals surface area contributed by atoms with Gasteiger partial charge in [-0.25, -0.2) is 4.98 Å². The van der Waals surface area contributed by atoms with Gasteiger partial charge in [0.2, 0.25) is 0 Å². The SMILES string of the molecule is c1ccc(-c2nnc3c(n2)c2c(c4ccccc4n2-c2ccccc2)c2c4ccccc4n(-c4ccccc4)c32)cc1. The summed E-state index contributed by atoms with van der Waals surface area (Å²) in [6, 6.07) is 48.4. The van der Waals surface area contributed by atoms with Gasteiger partial charge in [-0.2, -0.15) is 0 Å². The molecule has 0 unspecified atom stereocenters. The minimum absolute atomic E-state index is 0.607. The first kappa shape index (κ1) is 22.9. The van der Waals surface area contributed by atoms with Crippen molar-refractivity contribution >= 4 is 54.6 Å². The molecule has 0 aliphatic rings. The molecular formula is C37H23N5. The molecule has 0 saturated heterocycles. The summed E-state index contributed by atoms with van der Waals surface area (Å²) in [7, 11) is 0. The molecule has 0 fully saturated rings. The van der Waals surface area contributed by atoms with E-state index in [4.69, 9.17) is 15.2 Å². The van der Waals surface area contributed by atoms with Gasteiger partial charge in [-0.15, -0.1) is 10.2 Å². The first-order chi connectivity index (χ1) is 20.9. The normalized spacial score (nSPS) is 11.8. The predicted octanol–water partition coefficient (Wildman–Crippen LogP) is 8.89. The monoisotopic (exact) mass is 537 g/mol. The summed E-state index contributed by atoms with van der Waals surface area (Å²) >= 11 is 0. The summed E-state index contributed by atoms with van der Waals surface area (Å²) in [5.41, 5.74) is 8.99. The Bertz CT molecular complexity index is 2440. The Morgan fingerprint density at radius 2 is 0.857 bits per heavy atom. The maximum atomic E-state index is 5.30. The summed E-state index contributed by atoms with van der Waals surface area (Å²) in [5, 5.41) is 14.4. The molecule has 0 N–H and O–H groups in total. The molecule has 9 rings (SSSR count). The van der Waals surface area contributed by atoms with Crippen molar-refractivity contribution in [2.24, 2.45) is 0 Å². The van der Waals surface area contributed by atoms with Crippen molar-refractivity contribution in [2.75, 3.05) is 0 Å². The number of benzene rings is 6. The number of rotatable bonds is 3. The average molecular weight is 538 g/mol. The van der Waals surface area contributed by atoms with Crippen LogP contribution in [0.1, 0.15) is 0 Å². The molecule has 0 aliphatic carbocycles. The number of fused-ring (bicyclic) bond motifs is 10. The number of hydrogen-bond acceptors (Lipinski definition) is 3. The summed E-state index contributed by atoms with van der Waals surface area (Å²) in [5.74, 6) is 0.607. The molecule has 6 aromatic carbocycles. The average Bonchev–Trinajstić information content (AvgIpc) is 3.60. The van der Waals surface area contributed by atoms with Crippen molar-refractivity contribution in [2.45, 2.75) is 0 Å². The van der Waals surface area contributed by atoms with Crippen LogP contribution in [0.25, 0.3) is 77.4 Å². The van der Waals surface area contributed by atoms with E-state index in [1.54, 1.807) is 0 Å². The molecule has 9 aromatic rings. The van der Waals surface area contributed by atoms with Crippen molar-refractivity contribution in [1.29, 1.82) is 0 Å². The number of para-hydroxylation sites is 4. The second-order valence-electron chi connectivity index (χ2n) is 10.5. The van der Waals surface area contributed by atoms with Crippen LogP contribution in [0, 0.1) is 0 Å². The summed E-state index contributed by atoms with van der Waals surface area (Å²) in [6.07, 6.45) is 0. The van der Waals surface area contributed by atoms with E-state index in [9.17, 15) is 0 Å². The van der Waals surface area contributed by atoms with E-state index >= 15 is 0 Å². The first-order valence-corrected chi connectivity index (χ1v) is 14.1. The van der Waals surface area contributed by atoms with Crippen molar-refractivity contribution < 1.29 is 0 Å². The van der Waals surface area contributed by atoms with Crippen LogP contribution in [0.5, 0.6) is 0 Å². The van der Waals surface area contributed by atoms with Crippen LogP contribution in [0.4, 0.5) is 0 Å². The highest BCUT2D eigenvalue weighted by atomic mass is 15.2. The van der Waals surface area contributed by atoms with E-state index in [2.05, 4.69) is 118 Å². The topological polar surface area (TPSA) is 48.5 Å². The largest absolute Gasteiger partial charge is 0.307 e. The highest BCUT2D eigenvalue weighted by Crippen LogP contribution is 2.45. The lowest BCUT2D eigenvalue weighted by Crippen LogP contribution is -2.01. The van der Waals surface area contributed by atoms with Crippen LogP contribution in [-0.2, 0) is 0 Å². The zero-order chi connectivity index (χ0) is 27.6. The van der Waals surface area contributed by atoms with Gasteiger partial charge in [-0.1, -0.05) is 103 Å². The fraction of sp³-hybridized carbons (Fsp3) is 0. The molecule has 0 saturated carbocycles. The molecule has 0 aliphatic heterocycles. The molecule has 196 valence electrons. The van der Waals surface area contributed by atoms with Gasteiger partial charge in [0.05, 0.1) is 22.1 Å². The molecule has 0 amide bonds. The minimum atomic E-state index is 0.607.